The topological polar surface area (TPSA) is 86.8 Å². The van der Waals surface area contributed by atoms with Crippen LogP contribution in [-0.2, 0) is 32.2 Å². The van der Waals surface area contributed by atoms with Crippen LogP contribution in [0.15, 0.2) is 83.8 Å². The highest BCUT2D eigenvalue weighted by atomic mass is 32.2. The summed E-state index contributed by atoms with van der Waals surface area (Å²) in [6, 6.07) is 17.9. The molecule has 2 amide bonds. The molecule has 0 heterocycles. The van der Waals surface area contributed by atoms with Crippen LogP contribution >= 0.6 is 0 Å². The van der Waals surface area contributed by atoms with E-state index in [1.165, 1.54) is 23.1 Å². The van der Waals surface area contributed by atoms with Crippen molar-refractivity contribution in [3.63, 3.8) is 0 Å². The van der Waals surface area contributed by atoms with Crippen molar-refractivity contribution in [3.05, 3.63) is 95.6 Å². The van der Waals surface area contributed by atoms with Gasteiger partial charge in [0.05, 0.1) is 16.1 Å². The predicted octanol–water partition coefficient (Wildman–Crippen LogP) is 5.97. The number of benzene rings is 3. The highest BCUT2D eigenvalue weighted by molar-refractivity contribution is 7.92. The Kier molecular flexibility index (Phi) is 11.4. The molecule has 0 spiro atoms. The van der Waals surface area contributed by atoms with Crippen LogP contribution in [0.2, 0.25) is 0 Å². The maximum absolute atomic E-state index is 14.0. The van der Waals surface area contributed by atoms with Crippen LogP contribution in [0.3, 0.4) is 0 Å². The van der Waals surface area contributed by atoms with Crippen molar-refractivity contribution in [1.82, 2.24) is 10.2 Å². The lowest BCUT2D eigenvalue weighted by atomic mass is 10.1. The molecule has 3 aromatic rings. The lowest BCUT2D eigenvalue weighted by Gasteiger charge is -2.34. The summed E-state index contributed by atoms with van der Waals surface area (Å²) in [6.45, 7) is 6.55. The van der Waals surface area contributed by atoms with Crippen molar-refractivity contribution in [2.75, 3.05) is 17.4 Å². The molecule has 11 heteroatoms. The molecule has 7 nitrogen and oxygen atoms in total. The number of aryl methyl sites for hydroxylation is 1. The molecule has 2 atom stereocenters. The van der Waals surface area contributed by atoms with Crippen molar-refractivity contribution < 1.29 is 31.2 Å². The SMILES string of the molecule is CC[C@H](C)NC(=O)[C@H](CC)N(CCc1ccccc1)C(=O)CN(c1cccc(C(F)(F)F)c1)S(=O)(=O)c1ccc(C)cc1. The first-order chi connectivity index (χ1) is 20.3. The van der Waals surface area contributed by atoms with Gasteiger partial charge in [0.25, 0.3) is 10.0 Å². The molecular weight excluding hydrogens is 579 g/mol. The van der Waals surface area contributed by atoms with Gasteiger partial charge in [-0.2, -0.15) is 13.2 Å². The van der Waals surface area contributed by atoms with E-state index in [9.17, 15) is 31.2 Å². The molecule has 3 aromatic carbocycles. The molecule has 0 radical (unpaired) electrons. The van der Waals surface area contributed by atoms with Gasteiger partial charge in [0, 0.05) is 12.6 Å². The summed E-state index contributed by atoms with van der Waals surface area (Å²) in [4.78, 5) is 28.5. The normalized spacial score (nSPS) is 13.2. The molecule has 0 bridgehead atoms. The number of alkyl halides is 3. The molecule has 0 fully saturated rings. The van der Waals surface area contributed by atoms with Crippen molar-refractivity contribution in [2.24, 2.45) is 0 Å². The summed E-state index contributed by atoms with van der Waals surface area (Å²) < 4.78 is 69.4. The van der Waals surface area contributed by atoms with Gasteiger partial charge in [0.2, 0.25) is 11.8 Å². The van der Waals surface area contributed by atoms with Crippen molar-refractivity contribution >= 4 is 27.5 Å². The van der Waals surface area contributed by atoms with E-state index in [0.717, 1.165) is 23.3 Å². The summed E-state index contributed by atoms with van der Waals surface area (Å²) >= 11 is 0. The fourth-order valence-electron chi connectivity index (χ4n) is 4.54. The second-order valence-corrected chi connectivity index (χ2v) is 12.3. The summed E-state index contributed by atoms with van der Waals surface area (Å²) in [7, 11) is -4.49. The first kappa shape index (κ1) is 33.6. The Labute approximate surface area is 251 Å². The maximum Gasteiger partial charge on any atom is 0.416 e. The number of nitrogens with one attached hydrogen (secondary N) is 1. The first-order valence-corrected chi connectivity index (χ1v) is 15.6. The Balaban J connectivity index is 2.07. The third-order valence-electron chi connectivity index (χ3n) is 7.22. The Morgan fingerprint density at radius 2 is 1.56 bits per heavy atom. The van der Waals surface area contributed by atoms with Gasteiger partial charge in [-0.25, -0.2) is 8.42 Å². The van der Waals surface area contributed by atoms with Crippen molar-refractivity contribution in [1.29, 1.82) is 0 Å². The van der Waals surface area contributed by atoms with Gasteiger partial charge >= 0.3 is 6.18 Å². The molecule has 0 aromatic heterocycles. The molecule has 0 aliphatic rings. The van der Waals surface area contributed by atoms with Gasteiger partial charge in [-0.05, 0) is 69.0 Å². The average Bonchev–Trinajstić information content (AvgIpc) is 2.98. The summed E-state index contributed by atoms with van der Waals surface area (Å²) in [5, 5.41) is 2.89. The molecule has 232 valence electrons. The number of amides is 2. The number of rotatable bonds is 13. The van der Waals surface area contributed by atoms with Gasteiger partial charge in [-0.1, -0.05) is 67.9 Å². The minimum absolute atomic E-state index is 0.0935. The molecule has 43 heavy (non-hydrogen) atoms. The minimum atomic E-state index is -4.73. The smallest absolute Gasteiger partial charge is 0.352 e. The number of carbonyl (C=O) groups excluding carboxylic acids is 2. The van der Waals surface area contributed by atoms with Crippen LogP contribution in [0.1, 0.15) is 50.3 Å². The number of carbonyl (C=O) groups is 2. The monoisotopic (exact) mass is 617 g/mol. The van der Waals surface area contributed by atoms with Gasteiger partial charge < -0.3 is 10.2 Å². The highest BCUT2D eigenvalue weighted by Crippen LogP contribution is 2.33. The molecule has 0 aliphatic heterocycles. The highest BCUT2D eigenvalue weighted by Gasteiger charge is 2.36. The third-order valence-corrected chi connectivity index (χ3v) is 9.01. The van der Waals surface area contributed by atoms with E-state index in [2.05, 4.69) is 5.32 Å². The zero-order chi connectivity index (χ0) is 31.8. The zero-order valence-electron chi connectivity index (χ0n) is 24.8. The van der Waals surface area contributed by atoms with Gasteiger partial charge in [0.1, 0.15) is 12.6 Å². The molecule has 0 saturated carbocycles. The van der Waals surface area contributed by atoms with Crippen LogP contribution in [0.25, 0.3) is 0 Å². The molecule has 1 N–H and O–H groups in total. The largest absolute Gasteiger partial charge is 0.416 e. The quantitative estimate of drug-likeness (QED) is 0.256. The molecule has 0 aliphatic carbocycles. The fourth-order valence-corrected chi connectivity index (χ4v) is 5.95. The Morgan fingerprint density at radius 3 is 2.14 bits per heavy atom. The Morgan fingerprint density at radius 1 is 0.907 bits per heavy atom. The second kappa shape index (κ2) is 14.5. The van der Waals surface area contributed by atoms with E-state index in [-0.39, 0.29) is 35.5 Å². The van der Waals surface area contributed by atoms with Crippen LogP contribution < -0.4 is 9.62 Å². The van der Waals surface area contributed by atoms with E-state index in [1.54, 1.807) is 26.0 Å². The molecular formula is C32H38F3N3O4S. The summed E-state index contributed by atoms with van der Waals surface area (Å²) in [5.41, 5.74) is 0.316. The minimum Gasteiger partial charge on any atom is -0.352 e. The number of halogens is 3. The van der Waals surface area contributed by atoms with Crippen LogP contribution in [0.5, 0.6) is 0 Å². The van der Waals surface area contributed by atoms with E-state index in [1.807, 2.05) is 44.2 Å². The van der Waals surface area contributed by atoms with Crippen LogP contribution in [-0.4, -0.2) is 50.3 Å². The van der Waals surface area contributed by atoms with Gasteiger partial charge in [-0.3, -0.25) is 13.9 Å². The van der Waals surface area contributed by atoms with Crippen LogP contribution in [0.4, 0.5) is 18.9 Å². The Hall–Kier alpha value is -3.86. The molecule has 0 saturated heterocycles. The third kappa shape index (κ3) is 8.82. The van der Waals surface area contributed by atoms with E-state index < -0.39 is 40.3 Å². The number of hydrogen-bond acceptors (Lipinski definition) is 4. The average molecular weight is 618 g/mol. The lowest BCUT2D eigenvalue weighted by molar-refractivity contribution is -0.139. The van der Waals surface area contributed by atoms with Crippen molar-refractivity contribution in [2.45, 2.75) is 70.1 Å². The molecule has 0 unspecified atom stereocenters. The predicted molar refractivity (Wildman–Crippen MR) is 161 cm³/mol. The number of hydrogen-bond donors (Lipinski definition) is 1. The number of nitrogens with zero attached hydrogens (tertiary/aromatic N) is 2. The lowest BCUT2D eigenvalue weighted by Crippen LogP contribution is -2.54. The van der Waals surface area contributed by atoms with E-state index in [0.29, 0.717) is 23.2 Å². The van der Waals surface area contributed by atoms with Gasteiger partial charge in [0.15, 0.2) is 0 Å². The standard InChI is InChI=1S/C32H38F3N3O4S/c1-5-24(4)36-31(40)29(6-2)37(20-19-25-11-8-7-9-12-25)30(39)22-38(27-14-10-13-26(21-27)32(33,34)35)43(41,42)28-17-15-23(3)16-18-28/h7-18,21,24,29H,5-6,19-20,22H2,1-4H3,(H,36,40)/t24-,29-/m0/s1. The van der Waals surface area contributed by atoms with Gasteiger partial charge in [-0.15, -0.1) is 0 Å². The Bertz CT molecular complexity index is 1480. The van der Waals surface area contributed by atoms with Crippen molar-refractivity contribution in [3.8, 4) is 0 Å². The zero-order valence-corrected chi connectivity index (χ0v) is 25.6. The van der Waals surface area contributed by atoms with Crippen LogP contribution in [0, 0.1) is 6.92 Å². The number of sulfonamides is 1. The summed E-state index contributed by atoms with van der Waals surface area (Å²) in [5.74, 6) is -1.10. The second-order valence-electron chi connectivity index (χ2n) is 10.4. The fraction of sp³-hybridized carbons (Fsp3) is 0.375. The number of anilines is 1. The molecule has 3 rings (SSSR count). The van der Waals surface area contributed by atoms with E-state index in [4.69, 9.17) is 0 Å². The maximum atomic E-state index is 14.0. The summed E-state index contributed by atoms with van der Waals surface area (Å²) in [6.07, 6.45) is -3.44. The van der Waals surface area contributed by atoms with E-state index >= 15 is 0 Å². The first-order valence-electron chi connectivity index (χ1n) is 14.2.